The highest BCUT2D eigenvalue weighted by Gasteiger charge is 2.20. The van der Waals surface area contributed by atoms with E-state index in [1.807, 2.05) is 0 Å². The van der Waals surface area contributed by atoms with Crippen molar-refractivity contribution in [1.82, 2.24) is 9.88 Å². The van der Waals surface area contributed by atoms with Gasteiger partial charge in [0, 0.05) is 12.6 Å². The van der Waals surface area contributed by atoms with E-state index in [0.29, 0.717) is 12.0 Å². The van der Waals surface area contributed by atoms with Crippen LogP contribution in [0.15, 0.2) is 18.3 Å². The number of halogens is 1. The number of nitrogens with zero attached hydrogens (tertiary/aromatic N) is 2. The van der Waals surface area contributed by atoms with E-state index in [0.717, 1.165) is 12.2 Å². The summed E-state index contributed by atoms with van der Waals surface area (Å²) in [7, 11) is 2.13. The zero-order chi connectivity index (χ0) is 15.3. The van der Waals surface area contributed by atoms with E-state index in [2.05, 4.69) is 44.6 Å². The van der Waals surface area contributed by atoms with Gasteiger partial charge in [-0.25, -0.2) is 4.39 Å². The quantitative estimate of drug-likeness (QED) is 0.834. The summed E-state index contributed by atoms with van der Waals surface area (Å²) in [5.74, 6) is 0.638. The van der Waals surface area contributed by atoms with Gasteiger partial charge >= 0.3 is 0 Å². The molecule has 1 rings (SSSR count). The number of rotatable bonds is 7. The number of hydrogen-bond acceptors (Lipinski definition) is 3. The molecule has 0 saturated carbocycles. The molecule has 3 nitrogen and oxygen atoms in total. The molecular weight excluding hydrogens is 253 g/mol. The molecule has 1 aromatic heterocycles. The van der Waals surface area contributed by atoms with E-state index in [9.17, 15) is 4.39 Å². The molecule has 1 heterocycles. The van der Waals surface area contributed by atoms with Gasteiger partial charge in [0.2, 0.25) is 0 Å². The monoisotopic (exact) mass is 281 g/mol. The predicted molar refractivity (Wildman–Crippen MR) is 81.8 cm³/mol. The number of aromatic nitrogens is 1. The Balaban J connectivity index is 2.56. The van der Waals surface area contributed by atoms with Crippen molar-refractivity contribution in [3.8, 4) is 0 Å². The molecule has 20 heavy (non-hydrogen) atoms. The van der Waals surface area contributed by atoms with Crippen molar-refractivity contribution in [2.45, 2.75) is 46.2 Å². The Hall–Kier alpha value is -1.00. The topological polar surface area (TPSA) is 42.1 Å². The van der Waals surface area contributed by atoms with Gasteiger partial charge in [-0.2, -0.15) is 0 Å². The van der Waals surface area contributed by atoms with Gasteiger partial charge in [-0.05, 0) is 44.4 Å². The van der Waals surface area contributed by atoms with Crippen LogP contribution >= 0.6 is 0 Å². The summed E-state index contributed by atoms with van der Waals surface area (Å²) in [4.78, 5) is 6.42. The zero-order valence-electron chi connectivity index (χ0n) is 13.3. The van der Waals surface area contributed by atoms with Crippen molar-refractivity contribution in [3.05, 3.63) is 29.8 Å². The second kappa shape index (κ2) is 7.70. The number of hydrogen-bond donors (Lipinski definition) is 1. The molecular formula is C16H28FN3. The zero-order valence-corrected chi connectivity index (χ0v) is 13.3. The lowest BCUT2D eigenvalue weighted by Gasteiger charge is -2.30. The van der Waals surface area contributed by atoms with Crippen molar-refractivity contribution in [2.75, 3.05) is 13.6 Å². The fourth-order valence-electron chi connectivity index (χ4n) is 2.49. The minimum absolute atomic E-state index is 0.163. The van der Waals surface area contributed by atoms with Crippen LogP contribution in [0.4, 0.5) is 4.39 Å². The summed E-state index contributed by atoms with van der Waals surface area (Å²) < 4.78 is 12.9. The van der Waals surface area contributed by atoms with Crippen LogP contribution in [0.5, 0.6) is 0 Å². The Labute approximate surface area is 122 Å². The first-order valence-electron chi connectivity index (χ1n) is 7.38. The molecule has 0 amide bonds. The SMILES string of the molecule is CC(C)CC(C)N(C)CC(C)C(N)c1ccc(F)cn1. The maximum atomic E-state index is 12.9. The molecule has 0 bridgehead atoms. The third-order valence-corrected chi connectivity index (χ3v) is 3.85. The summed E-state index contributed by atoms with van der Waals surface area (Å²) in [5.41, 5.74) is 6.98. The highest BCUT2D eigenvalue weighted by Crippen LogP contribution is 2.20. The number of pyridine rings is 1. The van der Waals surface area contributed by atoms with Crippen LogP contribution in [0.1, 0.15) is 45.9 Å². The molecule has 3 atom stereocenters. The lowest BCUT2D eigenvalue weighted by atomic mass is 9.97. The first kappa shape index (κ1) is 17.1. The van der Waals surface area contributed by atoms with Crippen LogP contribution < -0.4 is 5.73 Å². The largest absolute Gasteiger partial charge is 0.322 e. The molecule has 0 aliphatic carbocycles. The van der Waals surface area contributed by atoms with E-state index in [1.165, 1.54) is 18.7 Å². The van der Waals surface area contributed by atoms with Gasteiger partial charge in [-0.1, -0.05) is 20.8 Å². The Morgan fingerprint density at radius 1 is 1.25 bits per heavy atom. The number of nitrogens with two attached hydrogens (primary N) is 1. The average molecular weight is 281 g/mol. The molecule has 3 unspecified atom stereocenters. The normalized spacial score (nSPS) is 16.4. The minimum atomic E-state index is -0.323. The predicted octanol–water partition coefficient (Wildman–Crippen LogP) is 3.22. The second-order valence-corrected chi connectivity index (χ2v) is 6.32. The highest BCUT2D eigenvalue weighted by atomic mass is 19.1. The van der Waals surface area contributed by atoms with Gasteiger partial charge in [-0.15, -0.1) is 0 Å². The van der Waals surface area contributed by atoms with E-state index < -0.39 is 0 Å². The van der Waals surface area contributed by atoms with Gasteiger partial charge < -0.3 is 10.6 Å². The van der Waals surface area contributed by atoms with E-state index >= 15 is 0 Å². The van der Waals surface area contributed by atoms with Crippen molar-refractivity contribution in [2.24, 2.45) is 17.6 Å². The van der Waals surface area contributed by atoms with E-state index in [1.54, 1.807) is 6.07 Å². The molecule has 0 aliphatic rings. The molecule has 0 saturated heterocycles. The molecule has 0 fully saturated rings. The van der Waals surface area contributed by atoms with Crippen LogP contribution in [0.2, 0.25) is 0 Å². The Morgan fingerprint density at radius 3 is 2.40 bits per heavy atom. The van der Waals surface area contributed by atoms with Crippen molar-refractivity contribution in [3.63, 3.8) is 0 Å². The minimum Gasteiger partial charge on any atom is -0.322 e. The lowest BCUT2D eigenvalue weighted by molar-refractivity contribution is 0.189. The fraction of sp³-hybridized carbons (Fsp3) is 0.688. The van der Waals surface area contributed by atoms with Crippen LogP contribution in [-0.4, -0.2) is 29.5 Å². The van der Waals surface area contributed by atoms with Crippen LogP contribution in [-0.2, 0) is 0 Å². The summed E-state index contributed by atoms with van der Waals surface area (Å²) >= 11 is 0. The summed E-state index contributed by atoms with van der Waals surface area (Å²) in [6.45, 7) is 9.75. The van der Waals surface area contributed by atoms with Gasteiger partial charge in [0.15, 0.2) is 0 Å². The lowest BCUT2D eigenvalue weighted by Crippen LogP contribution is -2.37. The van der Waals surface area contributed by atoms with Gasteiger partial charge in [0.1, 0.15) is 5.82 Å². The molecule has 4 heteroatoms. The van der Waals surface area contributed by atoms with Crippen LogP contribution in [0.3, 0.4) is 0 Å². The fourth-order valence-corrected chi connectivity index (χ4v) is 2.49. The second-order valence-electron chi connectivity index (χ2n) is 6.32. The maximum absolute atomic E-state index is 12.9. The molecule has 0 aliphatic heterocycles. The van der Waals surface area contributed by atoms with Gasteiger partial charge in [0.05, 0.1) is 17.9 Å². The Morgan fingerprint density at radius 2 is 1.90 bits per heavy atom. The maximum Gasteiger partial charge on any atom is 0.141 e. The third-order valence-electron chi connectivity index (χ3n) is 3.85. The van der Waals surface area contributed by atoms with E-state index in [4.69, 9.17) is 5.73 Å². The smallest absolute Gasteiger partial charge is 0.141 e. The molecule has 0 aromatic carbocycles. The van der Waals surface area contributed by atoms with Crippen LogP contribution in [0, 0.1) is 17.7 Å². The van der Waals surface area contributed by atoms with Crippen molar-refractivity contribution < 1.29 is 4.39 Å². The average Bonchev–Trinajstić information content (AvgIpc) is 2.37. The van der Waals surface area contributed by atoms with E-state index in [-0.39, 0.29) is 17.8 Å². The molecule has 114 valence electrons. The van der Waals surface area contributed by atoms with Crippen molar-refractivity contribution in [1.29, 1.82) is 0 Å². The summed E-state index contributed by atoms with van der Waals surface area (Å²) in [6, 6.07) is 3.46. The van der Waals surface area contributed by atoms with Gasteiger partial charge in [-0.3, -0.25) is 4.98 Å². The summed E-state index contributed by atoms with van der Waals surface area (Å²) in [5, 5.41) is 0. The Kier molecular flexibility index (Phi) is 6.56. The van der Waals surface area contributed by atoms with Crippen LogP contribution in [0.25, 0.3) is 0 Å². The van der Waals surface area contributed by atoms with Gasteiger partial charge in [0.25, 0.3) is 0 Å². The summed E-state index contributed by atoms with van der Waals surface area (Å²) in [6.07, 6.45) is 2.40. The molecule has 0 spiro atoms. The third kappa shape index (κ3) is 5.17. The van der Waals surface area contributed by atoms with Crippen molar-refractivity contribution >= 4 is 0 Å². The first-order chi connectivity index (χ1) is 9.31. The first-order valence-corrected chi connectivity index (χ1v) is 7.38. The molecule has 0 radical (unpaired) electrons. The highest BCUT2D eigenvalue weighted by molar-refractivity contribution is 5.10. The standard InChI is InChI=1S/C16H28FN3/c1-11(2)8-13(4)20(5)10-12(3)16(18)15-7-6-14(17)9-19-15/h6-7,9,11-13,16H,8,10,18H2,1-5H3. The Bertz CT molecular complexity index is 391. The molecule has 2 N–H and O–H groups in total. The molecule has 1 aromatic rings.